The highest BCUT2D eigenvalue weighted by molar-refractivity contribution is 5.59. The van der Waals surface area contributed by atoms with Gasteiger partial charge in [-0.05, 0) is 36.4 Å². The van der Waals surface area contributed by atoms with E-state index >= 15 is 0 Å². The first-order chi connectivity index (χ1) is 10.3. The molecule has 0 heterocycles. The molecule has 0 saturated heterocycles. The van der Waals surface area contributed by atoms with E-state index in [9.17, 15) is 23.3 Å². The van der Waals surface area contributed by atoms with E-state index in [1.54, 1.807) is 0 Å². The van der Waals surface area contributed by atoms with Gasteiger partial charge in [-0.15, -0.1) is 5.11 Å². The summed E-state index contributed by atoms with van der Waals surface area (Å²) in [6.45, 7) is 0. The number of phenols is 1. The zero-order valence-corrected chi connectivity index (χ0v) is 10.8. The minimum absolute atomic E-state index is 0.000499. The van der Waals surface area contributed by atoms with Gasteiger partial charge in [0.05, 0.1) is 16.2 Å². The first kappa shape index (κ1) is 15.4. The SMILES string of the molecule is O=[N+]([O-])c1cc(C(F)(F)F)ccc1N=Nc1ccc(O)cc1. The number of rotatable bonds is 3. The second kappa shape index (κ2) is 5.80. The average Bonchev–Trinajstić information content (AvgIpc) is 2.45. The fourth-order valence-electron chi connectivity index (χ4n) is 1.56. The lowest BCUT2D eigenvalue weighted by Crippen LogP contribution is -2.05. The lowest BCUT2D eigenvalue weighted by molar-refractivity contribution is -0.384. The van der Waals surface area contributed by atoms with Gasteiger partial charge >= 0.3 is 6.18 Å². The maximum absolute atomic E-state index is 12.6. The Hall–Kier alpha value is -2.97. The molecule has 0 saturated carbocycles. The minimum atomic E-state index is -4.68. The molecule has 0 unspecified atom stereocenters. The molecule has 0 aliphatic carbocycles. The second-order valence-electron chi connectivity index (χ2n) is 4.17. The highest BCUT2D eigenvalue weighted by atomic mass is 19.4. The lowest BCUT2D eigenvalue weighted by atomic mass is 10.1. The summed E-state index contributed by atoms with van der Waals surface area (Å²) in [5.41, 5.74) is -1.95. The number of alkyl halides is 3. The Morgan fingerprint density at radius 2 is 1.68 bits per heavy atom. The van der Waals surface area contributed by atoms with Gasteiger partial charge in [0.1, 0.15) is 5.75 Å². The zero-order valence-electron chi connectivity index (χ0n) is 10.8. The Bertz CT molecular complexity index is 728. The van der Waals surface area contributed by atoms with Crippen LogP contribution in [0.1, 0.15) is 5.56 Å². The van der Waals surface area contributed by atoms with Crippen LogP contribution in [0.5, 0.6) is 5.75 Å². The van der Waals surface area contributed by atoms with Crippen LogP contribution in [-0.4, -0.2) is 10.0 Å². The van der Waals surface area contributed by atoms with Gasteiger partial charge in [0.2, 0.25) is 0 Å². The predicted molar refractivity (Wildman–Crippen MR) is 70.4 cm³/mol. The van der Waals surface area contributed by atoms with Gasteiger partial charge < -0.3 is 5.11 Å². The van der Waals surface area contributed by atoms with Crippen LogP contribution in [0.3, 0.4) is 0 Å². The van der Waals surface area contributed by atoms with Gasteiger partial charge in [-0.1, -0.05) is 0 Å². The highest BCUT2D eigenvalue weighted by Gasteiger charge is 2.33. The Labute approximate surface area is 121 Å². The first-order valence-electron chi connectivity index (χ1n) is 5.84. The number of hydrogen-bond donors (Lipinski definition) is 1. The molecule has 1 N–H and O–H groups in total. The summed E-state index contributed by atoms with van der Waals surface area (Å²) in [4.78, 5) is 9.90. The molecule has 0 aliphatic rings. The molecule has 0 fully saturated rings. The van der Waals surface area contributed by atoms with E-state index < -0.39 is 22.4 Å². The molecule has 0 amide bonds. The monoisotopic (exact) mass is 311 g/mol. The number of nitro benzene ring substituents is 1. The summed E-state index contributed by atoms with van der Waals surface area (Å²) in [6.07, 6.45) is -4.68. The Morgan fingerprint density at radius 1 is 1.05 bits per heavy atom. The van der Waals surface area contributed by atoms with Crippen LogP contribution in [0.25, 0.3) is 0 Å². The fraction of sp³-hybridized carbons (Fsp3) is 0.0769. The van der Waals surface area contributed by atoms with Crippen molar-refractivity contribution in [2.24, 2.45) is 10.2 Å². The molecule has 6 nitrogen and oxygen atoms in total. The van der Waals surface area contributed by atoms with E-state index in [1.165, 1.54) is 24.3 Å². The molecule has 0 atom stereocenters. The van der Waals surface area contributed by atoms with E-state index in [-0.39, 0.29) is 17.1 Å². The third-order valence-corrected chi connectivity index (χ3v) is 2.62. The smallest absolute Gasteiger partial charge is 0.416 e. The van der Waals surface area contributed by atoms with Gasteiger partial charge in [-0.2, -0.15) is 18.3 Å². The first-order valence-corrected chi connectivity index (χ1v) is 5.84. The Balaban J connectivity index is 2.38. The van der Waals surface area contributed by atoms with Gasteiger partial charge in [-0.25, -0.2) is 0 Å². The second-order valence-corrected chi connectivity index (χ2v) is 4.17. The normalized spacial score (nSPS) is 11.8. The van der Waals surface area contributed by atoms with Crippen LogP contribution in [0, 0.1) is 10.1 Å². The van der Waals surface area contributed by atoms with Crippen molar-refractivity contribution < 1.29 is 23.2 Å². The van der Waals surface area contributed by atoms with Crippen LogP contribution in [0.15, 0.2) is 52.7 Å². The number of aromatic hydroxyl groups is 1. The van der Waals surface area contributed by atoms with E-state index in [2.05, 4.69) is 10.2 Å². The number of phenolic OH excluding ortho intramolecular Hbond substituents is 1. The lowest BCUT2D eigenvalue weighted by Gasteiger charge is -2.06. The standard InChI is InChI=1S/C13H8F3N3O3/c14-13(15,16)8-1-6-11(12(7-8)19(21)22)18-17-9-2-4-10(20)5-3-9/h1-7,20H. The third kappa shape index (κ3) is 3.57. The van der Waals surface area contributed by atoms with Gasteiger partial charge in [0, 0.05) is 6.07 Å². The molecule has 0 aliphatic heterocycles. The van der Waals surface area contributed by atoms with Crippen molar-refractivity contribution in [2.75, 3.05) is 0 Å². The van der Waals surface area contributed by atoms with Crippen LogP contribution >= 0.6 is 0 Å². The topological polar surface area (TPSA) is 88.1 Å². The van der Waals surface area contributed by atoms with Crippen molar-refractivity contribution in [1.82, 2.24) is 0 Å². The maximum Gasteiger partial charge on any atom is 0.416 e. The summed E-state index contributed by atoms with van der Waals surface area (Å²) in [6, 6.07) is 7.43. The van der Waals surface area contributed by atoms with Crippen molar-refractivity contribution in [3.8, 4) is 5.75 Å². The highest BCUT2D eigenvalue weighted by Crippen LogP contribution is 2.36. The zero-order chi connectivity index (χ0) is 16.3. The van der Waals surface area contributed by atoms with Crippen LogP contribution < -0.4 is 0 Å². The van der Waals surface area contributed by atoms with E-state index in [0.717, 1.165) is 6.07 Å². The summed E-state index contributed by atoms with van der Waals surface area (Å²) in [7, 11) is 0. The summed E-state index contributed by atoms with van der Waals surface area (Å²) in [5, 5.41) is 27.2. The molecule has 0 spiro atoms. The molecular weight excluding hydrogens is 303 g/mol. The molecule has 114 valence electrons. The van der Waals surface area contributed by atoms with E-state index in [0.29, 0.717) is 12.1 Å². The summed E-state index contributed by atoms with van der Waals surface area (Å²) in [5.74, 6) is -0.000499. The van der Waals surface area contributed by atoms with Gasteiger partial charge in [0.25, 0.3) is 5.69 Å². The molecular formula is C13H8F3N3O3. The molecule has 2 aromatic carbocycles. The molecule has 22 heavy (non-hydrogen) atoms. The summed E-state index contributed by atoms with van der Waals surface area (Å²) < 4.78 is 37.7. The molecule has 2 rings (SSSR count). The Kier molecular flexibility index (Phi) is 4.06. The van der Waals surface area contributed by atoms with Crippen molar-refractivity contribution in [1.29, 1.82) is 0 Å². The predicted octanol–water partition coefficient (Wildman–Crippen LogP) is 4.73. The number of halogens is 3. The number of nitro groups is 1. The fourth-order valence-corrected chi connectivity index (χ4v) is 1.56. The van der Waals surface area contributed by atoms with E-state index in [1.807, 2.05) is 0 Å². The Morgan fingerprint density at radius 3 is 2.23 bits per heavy atom. The van der Waals surface area contributed by atoms with Gasteiger partial charge in [0.15, 0.2) is 5.69 Å². The molecule has 0 radical (unpaired) electrons. The molecule has 2 aromatic rings. The quantitative estimate of drug-likeness (QED) is 0.504. The number of nitrogens with zero attached hydrogens (tertiary/aromatic N) is 3. The van der Waals surface area contributed by atoms with Gasteiger partial charge in [-0.3, -0.25) is 10.1 Å². The van der Waals surface area contributed by atoms with Crippen molar-refractivity contribution in [3.63, 3.8) is 0 Å². The number of azo groups is 1. The van der Waals surface area contributed by atoms with Crippen LogP contribution in [0.2, 0.25) is 0 Å². The average molecular weight is 311 g/mol. The molecule has 0 aromatic heterocycles. The van der Waals surface area contributed by atoms with E-state index in [4.69, 9.17) is 5.11 Å². The van der Waals surface area contributed by atoms with Crippen molar-refractivity contribution in [2.45, 2.75) is 6.18 Å². The van der Waals surface area contributed by atoms with Crippen LogP contribution in [0.4, 0.5) is 30.2 Å². The maximum atomic E-state index is 12.6. The van der Waals surface area contributed by atoms with Crippen molar-refractivity contribution in [3.05, 3.63) is 58.1 Å². The summed E-state index contributed by atoms with van der Waals surface area (Å²) >= 11 is 0. The molecule has 9 heteroatoms. The van der Waals surface area contributed by atoms with Crippen LogP contribution in [-0.2, 0) is 6.18 Å². The largest absolute Gasteiger partial charge is 0.508 e. The third-order valence-electron chi connectivity index (χ3n) is 2.62. The van der Waals surface area contributed by atoms with Crippen molar-refractivity contribution >= 4 is 17.1 Å². The minimum Gasteiger partial charge on any atom is -0.508 e. The number of benzene rings is 2. The number of hydrogen-bond acceptors (Lipinski definition) is 5. The molecule has 0 bridgehead atoms.